The molecule has 0 aromatic rings. The summed E-state index contributed by atoms with van der Waals surface area (Å²) in [5.74, 6) is 0.0189. The van der Waals surface area contributed by atoms with Gasteiger partial charge in [0.25, 0.3) is 0 Å². The number of nitrogens with zero attached hydrogens (tertiary/aromatic N) is 3. The Bertz CT molecular complexity index is 257. The number of rotatable bonds is 6. The first kappa shape index (κ1) is 13.4. The summed E-state index contributed by atoms with van der Waals surface area (Å²) < 4.78 is 0. The Balaban J connectivity index is 4.28. The molecule has 0 N–H and O–H groups in total. The second-order valence-corrected chi connectivity index (χ2v) is 3.45. The smallest absolute Gasteiger partial charge is 0.225 e. The summed E-state index contributed by atoms with van der Waals surface area (Å²) in [4.78, 5) is 13.4. The van der Waals surface area contributed by atoms with Gasteiger partial charge >= 0.3 is 0 Å². The molecule has 0 radical (unpaired) electrons. The SMILES string of the molecule is CCC(C)C(=O)N(CCC#N)CCC#N. The molecule has 0 heterocycles. The highest BCUT2D eigenvalue weighted by Gasteiger charge is 2.18. The third-order valence-electron chi connectivity index (χ3n) is 2.33. The van der Waals surface area contributed by atoms with E-state index in [1.54, 1.807) is 4.90 Å². The van der Waals surface area contributed by atoms with E-state index in [-0.39, 0.29) is 11.8 Å². The highest BCUT2D eigenvalue weighted by Crippen LogP contribution is 2.07. The second-order valence-electron chi connectivity index (χ2n) is 3.45. The molecule has 15 heavy (non-hydrogen) atoms. The van der Waals surface area contributed by atoms with Crippen molar-refractivity contribution in [2.45, 2.75) is 33.1 Å². The molecule has 1 atom stereocenters. The molecule has 0 aliphatic rings. The van der Waals surface area contributed by atoms with Crippen LogP contribution in [0.25, 0.3) is 0 Å². The predicted octanol–water partition coefficient (Wildman–Crippen LogP) is 1.69. The van der Waals surface area contributed by atoms with Gasteiger partial charge in [0.2, 0.25) is 5.91 Å². The lowest BCUT2D eigenvalue weighted by Gasteiger charge is -2.23. The normalized spacial score (nSPS) is 11.2. The van der Waals surface area contributed by atoms with Crippen LogP contribution in [0.5, 0.6) is 0 Å². The molecule has 0 bridgehead atoms. The van der Waals surface area contributed by atoms with Gasteiger partial charge < -0.3 is 4.90 Å². The number of carbonyl (C=O) groups excluding carboxylic acids is 1. The van der Waals surface area contributed by atoms with E-state index >= 15 is 0 Å². The van der Waals surface area contributed by atoms with Gasteiger partial charge in [-0.15, -0.1) is 0 Å². The maximum Gasteiger partial charge on any atom is 0.225 e. The number of hydrogen-bond donors (Lipinski definition) is 0. The molecule has 0 rings (SSSR count). The van der Waals surface area contributed by atoms with Crippen molar-refractivity contribution in [2.24, 2.45) is 5.92 Å². The van der Waals surface area contributed by atoms with Gasteiger partial charge in [0.1, 0.15) is 0 Å². The van der Waals surface area contributed by atoms with Crippen molar-refractivity contribution in [3.8, 4) is 12.1 Å². The van der Waals surface area contributed by atoms with Crippen LogP contribution in [0.15, 0.2) is 0 Å². The molecule has 0 aliphatic carbocycles. The van der Waals surface area contributed by atoms with E-state index in [2.05, 4.69) is 0 Å². The van der Waals surface area contributed by atoms with Crippen molar-refractivity contribution in [1.29, 1.82) is 10.5 Å². The lowest BCUT2D eigenvalue weighted by Crippen LogP contribution is -2.36. The van der Waals surface area contributed by atoms with Crippen molar-refractivity contribution in [3.63, 3.8) is 0 Å². The van der Waals surface area contributed by atoms with E-state index in [4.69, 9.17) is 10.5 Å². The summed E-state index contributed by atoms with van der Waals surface area (Å²) in [6.07, 6.45) is 1.44. The van der Waals surface area contributed by atoms with E-state index in [0.29, 0.717) is 25.9 Å². The summed E-state index contributed by atoms with van der Waals surface area (Å²) >= 11 is 0. The van der Waals surface area contributed by atoms with Crippen LogP contribution in [0, 0.1) is 28.6 Å². The number of carbonyl (C=O) groups is 1. The average molecular weight is 207 g/mol. The van der Waals surface area contributed by atoms with Crippen LogP contribution in [0.1, 0.15) is 33.1 Å². The fourth-order valence-electron chi connectivity index (χ4n) is 1.19. The first-order valence-corrected chi connectivity index (χ1v) is 5.20. The summed E-state index contributed by atoms with van der Waals surface area (Å²) in [7, 11) is 0. The minimum atomic E-state index is -0.0256. The predicted molar refractivity (Wildman–Crippen MR) is 56.5 cm³/mol. The summed E-state index contributed by atoms with van der Waals surface area (Å²) in [6.45, 7) is 4.69. The summed E-state index contributed by atoms with van der Waals surface area (Å²) in [5, 5.41) is 16.9. The van der Waals surface area contributed by atoms with E-state index in [0.717, 1.165) is 6.42 Å². The molecule has 0 aliphatic heterocycles. The van der Waals surface area contributed by atoms with E-state index < -0.39 is 0 Å². The van der Waals surface area contributed by atoms with Gasteiger partial charge in [-0.25, -0.2) is 0 Å². The quantitative estimate of drug-likeness (QED) is 0.665. The maximum absolute atomic E-state index is 11.8. The Hall–Kier alpha value is -1.55. The molecule has 0 aromatic carbocycles. The van der Waals surface area contributed by atoms with Crippen molar-refractivity contribution in [2.75, 3.05) is 13.1 Å². The summed E-state index contributed by atoms with van der Waals surface area (Å²) in [5.41, 5.74) is 0. The second kappa shape index (κ2) is 7.82. The number of hydrogen-bond acceptors (Lipinski definition) is 3. The van der Waals surface area contributed by atoms with Crippen molar-refractivity contribution in [1.82, 2.24) is 4.90 Å². The Morgan fingerprint density at radius 2 is 1.73 bits per heavy atom. The molecule has 4 heteroatoms. The zero-order valence-electron chi connectivity index (χ0n) is 9.36. The Morgan fingerprint density at radius 1 is 1.27 bits per heavy atom. The lowest BCUT2D eigenvalue weighted by atomic mass is 10.1. The molecule has 0 fully saturated rings. The molecule has 0 spiro atoms. The van der Waals surface area contributed by atoms with Crippen LogP contribution in [-0.2, 0) is 4.79 Å². The highest BCUT2D eigenvalue weighted by atomic mass is 16.2. The third-order valence-corrected chi connectivity index (χ3v) is 2.33. The zero-order valence-corrected chi connectivity index (χ0v) is 9.36. The Kier molecular flexibility index (Phi) is 7.01. The van der Waals surface area contributed by atoms with Crippen LogP contribution in [0.2, 0.25) is 0 Å². The van der Waals surface area contributed by atoms with Gasteiger partial charge in [-0.3, -0.25) is 4.79 Å². The largest absolute Gasteiger partial charge is 0.340 e. The molecule has 82 valence electrons. The maximum atomic E-state index is 11.8. The van der Waals surface area contributed by atoms with Crippen LogP contribution in [-0.4, -0.2) is 23.9 Å². The Morgan fingerprint density at radius 3 is 2.07 bits per heavy atom. The van der Waals surface area contributed by atoms with E-state index in [1.165, 1.54) is 0 Å². The molecule has 1 amide bonds. The van der Waals surface area contributed by atoms with Crippen LogP contribution in [0.4, 0.5) is 0 Å². The van der Waals surface area contributed by atoms with Gasteiger partial charge in [-0.05, 0) is 6.42 Å². The molecular formula is C11H17N3O. The lowest BCUT2D eigenvalue weighted by molar-refractivity contribution is -0.135. The Labute approximate surface area is 91.1 Å². The van der Waals surface area contributed by atoms with Gasteiger partial charge in [-0.1, -0.05) is 13.8 Å². The third kappa shape index (κ3) is 5.02. The topological polar surface area (TPSA) is 67.9 Å². The first-order valence-electron chi connectivity index (χ1n) is 5.20. The van der Waals surface area contributed by atoms with Crippen molar-refractivity contribution in [3.05, 3.63) is 0 Å². The van der Waals surface area contributed by atoms with Crippen LogP contribution >= 0.6 is 0 Å². The van der Waals surface area contributed by atoms with Gasteiger partial charge in [0, 0.05) is 19.0 Å². The minimum absolute atomic E-state index is 0.0256. The number of amides is 1. The molecular weight excluding hydrogens is 190 g/mol. The monoisotopic (exact) mass is 207 g/mol. The standard InChI is InChI=1S/C11H17N3O/c1-3-10(2)11(15)14(8-4-6-12)9-5-7-13/h10H,3-5,8-9H2,1-2H3. The zero-order chi connectivity index (χ0) is 11.7. The highest BCUT2D eigenvalue weighted by molar-refractivity contribution is 5.78. The molecule has 4 nitrogen and oxygen atoms in total. The van der Waals surface area contributed by atoms with Crippen molar-refractivity contribution >= 4 is 5.91 Å². The van der Waals surface area contributed by atoms with Crippen molar-refractivity contribution < 1.29 is 4.79 Å². The molecule has 0 aromatic heterocycles. The van der Waals surface area contributed by atoms with Gasteiger partial charge in [-0.2, -0.15) is 10.5 Å². The fraction of sp³-hybridized carbons (Fsp3) is 0.727. The number of nitriles is 2. The van der Waals surface area contributed by atoms with E-state index in [1.807, 2.05) is 26.0 Å². The fourth-order valence-corrected chi connectivity index (χ4v) is 1.19. The van der Waals surface area contributed by atoms with E-state index in [9.17, 15) is 4.79 Å². The molecule has 1 unspecified atom stereocenters. The van der Waals surface area contributed by atoms with Crippen LogP contribution in [0.3, 0.4) is 0 Å². The van der Waals surface area contributed by atoms with Gasteiger partial charge in [0.05, 0.1) is 25.0 Å². The van der Waals surface area contributed by atoms with Crippen LogP contribution < -0.4 is 0 Å². The molecule has 0 saturated heterocycles. The summed E-state index contributed by atoms with van der Waals surface area (Å²) in [6, 6.07) is 4.02. The first-order chi connectivity index (χ1) is 7.17. The minimum Gasteiger partial charge on any atom is -0.340 e. The average Bonchev–Trinajstić information content (AvgIpc) is 2.27. The van der Waals surface area contributed by atoms with Gasteiger partial charge in [0.15, 0.2) is 0 Å². The molecule has 0 saturated carbocycles.